The fourth-order valence-corrected chi connectivity index (χ4v) is 3.52. The summed E-state index contributed by atoms with van der Waals surface area (Å²) in [5.41, 5.74) is 3.12. The zero-order chi connectivity index (χ0) is 17.9. The number of cyclic esters (lactones) is 1. The van der Waals surface area contributed by atoms with Gasteiger partial charge in [0.05, 0.1) is 11.7 Å². The first kappa shape index (κ1) is 16.5. The van der Waals surface area contributed by atoms with E-state index in [2.05, 4.69) is 15.6 Å². The summed E-state index contributed by atoms with van der Waals surface area (Å²) in [5, 5.41) is 8.53. The van der Waals surface area contributed by atoms with Crippen molar-refractivity contribution < 1.29 is 13.9 Å². The molecule has 7 heteroatoms. The van der Waals surface area contributed by atoms with E-state index in [0.717, 1.165) is 17.7 Å². The Kier molecular flexibility index (Phi) is 4.53. The first-order valence-corrected chi connectivity index (χ1v) is 9.05. The van der Waals surface area contributed by atoms with Crippen molar-refractivity contribution in [1.82, 2.24) is 10.3 Å². The molecule has 2 N–H and O–H groups in total. The van der Waals surface area contributed by atoms with Gasteiger partial charge in [-0.15, -0.1) is 11.3 Å². The molecule has 3 aromatic rings. The topological polar surface area (TPSA) is 63.2 Å². The number of ether oxygens (including phenoxy) is 1. The fraction of sp³-hybridized carbons (Fsp3) is 0.158. The summed E-state index contributed by atoms with van der Waals surface area (Å²) in [7, 11) is 0. The van der Waals surface area contributed by atoms with Crippen molar-refractivity contribution in [3.63, 3.8) is 0 Å². The Hall–Kier alpha value is -2.93. The molecule has 1 saturated heterocycles. The lowest BCUT2D eigenvalue weighted by molar-refractivity contribution is 0.177. The van der Waals surface area contributed by atoms with Crippen molar-refractivity contribution in [1.29, 1.82) is 0 Å². The number of alkyl carbamates (subject to hydrolysis) is 1. The number of hydrogen-bond acceptors (Lipinski definition) is 5. The van der Waals surface area contributed by atoms with E-state index in [1.807, 2.05) is 29.6 Å². The van der Waals surface area contributed by atoms with E-state index in [4.69, 9.17) is 4.74 Å². The van der Waals surface area contributed by atoms with Gasteiger partial charge in [0.2, 0.25) is 0 Å². The third-order valence-corrected chi connectivity index (χ3v) is 4.84. The Bertz CT molecular complexity index is 927. The van der Waals surface area contributed by atoms with Gasteiger partial charge < -0.3 is 15.4 Å². The Morgan fingerprint density at radius 3 is 2.77 bits per heavy atom. The molecule has 0 saturated carbocycles. The highest BCUT2D eigenvalue weighted by Gasteiger charge is 2.22. The lowest BCUT2D eigenvalue weighted by Crippen LogP contribution is -2.28. The average molecular weight is 369 g/mol. The predicted molar refractivity (Wildman–Crippen MR) is 99.2 cm³/mol. The first-order valence-electron chi connectivity index (χ1n) is 8.17. The summed E-state index contributed by atoms with van der Waals surface area (Å²) in [6.07, 6.45) is 0.364. The van der Waals surface area contributed by atoms with Crippen molar-refractivity contribution >= 4 is 28.2 Å². The van der Waals surface area contributed by atoms with Gasteiger partial charge in [0, 0.05) is 16.6 Å². The van der Waals surface area contributed by atoms with E-state index in [0.29, 0.717) is 23.0 Å². The standard InChI is InChI=1S/C19H16FN3O2S/c20-16-4-2-1-3-15(16)17-11-26-18(23-17)21-13-7-5-12(6-8-13)9-14-10-25-19(24)22-14/h1-8,11,14H,9-10H2,(H,21,23)(H,22,24). The Morgan fingerprint density at radius 2 is 2.04 bits per heavy atom. The molecule has 1 atom stereocenters. The molecule has 0 spiro atoms. The molecule has 0 aliphatic carbocycles. The number of thiazole rings is 1. The molecule has 26 heavy (non-hydrogen) atoms. The summed E-state index contributed by atoms with van der Waals surface area (Å²) < 4.78 is 18.7. The number of hydrogen-bond donors (Lipinski definition) is 2. The van der Waals surface area contributed by atoms with Crippen molar-refractivity contribution in [2.75, 3.05) is 11.9 Å². The monoisotopic (exact) mass is 369 g/mol. The molecule has 2 heterocycles. The highest BCUT2D eigenvalue weighted by Crippen LogP contribution is 2.28. The van der Waals surface area contributed by atoms with Crippen LogP contribution in [0.15, 0.2) is 53.9 Å². The molecule has 132 valence electrons. The molecule has 1 unspecified atom stereocenters. The lowest BCUT2D eigenvalue weighted by Gasteiger charge is -2.08. The predicted octanol–water partition coefficient (Wildman–Crippen LogP) is 4.34. The van der Waals surface area contributed by atoms with Crippen LogP contribution in [0.5, 0.6) is 0 Å². The minimum atomic E-state index is -0.359. The second-order valence-electron chi connectivity index (χ2n) is 5.98. The van der Waals surface area contributed by atoms with Crippen molar-refractivity contribution in [3.05, 3.63) is 65.3 Å². The van der Waals surface area contributed by atoms with Crippen LogP contribution < -0.4 is 10.6 Å². The van der Waals surface area contributed by atoms with Gasteiger partial charge >= 0.3 is 6.09 Å². The fourth-order valence-electron chi connectivity index (χ4n) is 2.79. The smallest absolute Gasteiger partial charge is 0.407 e. The van der Waals surface area contributed by atoms with Crippen LogP contribution in [-0.4, -0.2) is 23.7 Å². The number of anilines is 2. The summed E-state index contributed by atoms with van der Waals surface area (Å²) in [6.45, 7) is 0.400. The Balaban J connectivity index is 1.42. The third kappa shape index (κ3) is 3.67. The van der Waals surface area contributed by atoms with Crippen LogP contribution in [0.25, 0.3) is 11.3 Å². The van der Waals surface area contributed by atoms with Crippen LogP contribution in [0.4, 0.5) is 20.0 Å². The summed E-state index contributed by atoms with van der Waals surface area (Å²) in [4.78, 5) is 15.5. The minimum absolute atomic E-state index is 0.0172. The lowest BCUT2D eigenvalue weighted by atomic mass is 10.1. The van der Waals surface area contributed by atoms with Gasteiger partial charge in [-0.25, -0.2) is 14.2 Å². The Morgan fingerprint density at radius 1 is 1.23 bits per heavy atom. The van der Waals surface area contributed by atoms with Crippen LogP contribution in [-0.2, 0) is 11.2 Å². The number of carbonyl (C=O) groups is 1. The molecule has 5 nitrogen and oxygen atoms in total. The van der Waals surface area contributed by atoms with Gasteiger partial charge in [0.15, 0.2) is 5.13 Å². The number of amides is 1. The van der Waals surface area contributed by atoms with Crippen LogP contribution in [0.1, 0.15) is 5.56 Å². The highest BCUT2D eigenvalue weighted by molar-refractivity contribution is 7.14. The van der Waals surface area contributed by atoms with Gasteiger partial charge in [-0.05, 0) is 36.2 Å². The summed E-state index contributed by atoms with van der Waals surface area (Å²) in [6, 6.07) is 14.5. The quantitative estimate of drug-likeness (QED) is 0.702. The molecule has 1 fully saturated rings. The van der Waals surface area contributed by atoms with E-state index < -0.39 is 0 Å². The van der Waals surface area contributed by atoms with E-state index in [1.165, 1.54) is 17.4 Å². The second kappa shape index (κ2) is 7.13. The largest absolute Gasteiger partial charge is 0.447 e. The Labute approximate surface area is 153 Å². The number of nitrogens with one attached hydrogen (secondary N) is 2. The maximum Gasteiger partial charge on any atom is 0.407 e. The van der Waals surface area contributed by atoms with E-state index >= 15 is 0 Å². The number of aromatic nitrogens is 1. The van der Waals surface area contributed by atoms with Crippen LogP contribution in [0.3, 0.4) is 0 Å². The normalized spacial score (nSPS) is 16.2. The number of carbonyl (C=O) groups excluding carboxylic acids is 1. The number of rotatable bonds is 5. The van der Waals surface area contributed by atoms with E-state index in [1.54, 1.807) is 18.2 Å². The van der Waals surface area contributed by atoms with Gasteiger partial charge in [0.25, 0.3) is 0 Å². The van der Waals surface area contributed by atoms with Crippen LogP contribution in [0.2, 0.25) is 0 Å². The van der Waals surface area contributed by atoms with E-state index in [-0.39, 0.29) is 18.0 Å². The minimum Gasteiger partial charge on any atom is -0.447 e. The SMILES string of the molecule is O=C1NC(Cc2ccc(Nc3nc(-c4ccccc4F)cs3)cc2)CO1. The molecule has 2 aromatic carbocycles. The maximum absolute atomic E-state index is 13.9. The molecule has 4 rings (SSSR count). The molecule has 1 aliphatic heterocycles. The van der Waals surface area contributed by atoms with Gasteiger partial charge in [-0.3, -0.25) is 0 Å². The second-order valence-corrected chi connectivity index (χ2v) is 6.84. The van der Waals surface area contributed by atoms with Crippen molar-refractivity contribution in [3.8, 4) is 11.3 Å². The molecular weight excluding hydrogens is 353 g/mol. The van der Waals surface area contributed by atoms with Crippen LogP contribution in [0, 0.1) is 5.82 Å². The molecule has 0 radical (unpaired) electrons. The van der Waals surface area contributed by atoms with Gasteiger partial charge in [-0.2, -0.15) is 0 Å². The van der Waals surface area contributed by atoms with E-state index in [9.17, 15) is 9.18 Å². The number of halogens is 1. The zero-order valence-corrected chi connectivity index (χ0v) is 14.6. The summed E-state index contributed by atoms with van der Waals surface area (Å²) in [5.74, 6) is -0.281. The van der Waals surface area contributed by atoms with Crippen LogP contribution >= 0.6 is 11.3 Å². The number of benzene rings is 2. The highest BCUT2D eigenvalue weighted by atomic mass is 32.1. The average Bonchev–Trinajstić information content (AvgIpc) is 3.26. The third-order valence-electron chi connectivity index (χ3n) is 4.08. The molecule has 0 bridgehead atoms. The number of nitrogens with zero attached hydrogens (tertiary/aromatic N) is 1. The first-order chi connectivity index (χ1) is 12.7. The van der Waals surface area contributed by atoms with Crippen molar-refractivity contribution in [2.24, 2.45) is 0 Å². The van der Waals surface area contributed by atoms with Gasteiger partial charge in [0.1, 0.15) is 12.4 Å². The maximum atomic E-state index is 13.9. The zero-order valence-electron chi connectivity index (χ0n) is 13.7. The van der Waals surface area contributed by atoms with Crippen molar-refractivity contribution in [2.45, 2.75) is 12.5 Å². The van der Waals surface area contributed by atoms with Gasteiger partial charge in [-0.1, -0.05) is 24.3 Å². The molecule has 1 aliphatic rings. The molecular formula is C19H16FN3O2S. The molecule has 1 amide bonds. The summed E-state index contributed by atoms with van der Waals surface area (Å²) >= 11 is 1.43. The molecule has 1 aromatic heterocycles.